The Balaban J connectivity index is 2.29. The van der Waals surface area contributed by atoms with Gasteiger partial charge < -0.3 is 10.6 Å². The third-order valence-corrected chi connectivity index (χ3v) is 4.42. The fourth-order valence-electron chi connectivity index (χ4n) is 1.86. The van der Waals surface area contributed by atoms with Crippen LogP contribution in [-0.4, -0.2) is 27.5 Å². The molecule has 0 fully saturated rings. The van der Waals surface area contributed by atoms with Crippen LogP contribution >= 0.6 is 0 Å². The Kier molecular flexibility index (Phi) is 4.44. The Morgan fingerprint density at radius 1 is 1.19 bits per heavy atom. The molecule has 6 nitrogen and oxygen atoms in total. The van der Waals surface area contributed by atoms with Crippen LogP contribution in [0.25, 0.3) is 0 Å². The van der Waals surface area contributed by atoms with E-state index in [0.717, 1.165) is 5.69 Å². The first kappa shape index (κ1) is 15.3. The third-order valence-electron chi connectivity index (χ3n) is 2.97. The van der Waals surface area contributed by atoms with Gasteiger partial charge in [-0.3, -0.25) is 9.71 Å². The van der Waals surface area contributed by atoms with Gasteiger partial charge in [0.25, 0.3) is 10.0 Å². The second-order valence-corrected chi connectivity index (χ2v) is 6.35. The van der Waals surface area contributed by atoms with E-state index in [9.17, 15) is 8.42 Å². The molecule has 2 rings (SSSR count). The number of pyridine rings is 1. The highest BCUT2D eigenvalue weighted by molar-refractivity contribution is 7.92. The van der Waals surface area contributed by atoms with Crippen LogP contribution in [0.2, 0.25) is 0 Å². The van der Waals surface area contributed by atoms with Crippen molar-refractivity contribution >= 4 is 21.4 Å². The fourth-order valence-corrected chi connectivity index (χ4v) is 3.12. The summed E-state index contributed by atoms with van der Waals surface area (Å²) in [5, 5.41) is 0. The van der Waals surface area contributed by atoms with Crippen LogP contribution in [0.5, 0.6) is 0 Å². The summed E-state index contributed by atoms with van der Waals surface area (Å²) < 4.78 is 27.3. The second kappa shape index (κ2) is 6.11. The van der Waals surface area contributed by atoms with Gasteiger partial charge in [0.1, 0.15) is 4.90 Å². The van der Waals surface area contributed by atoms with Crippen LogP contribution in [0.1, 0.15) is 5.69 Å². The van der Waals surface area contributed by atoms with Crippen molar-refractivity contribution in [3.63, 3.8) is 0 Å². The molecule has 0 bridgehead atoms. The maximum atomic E-state index is 12.4. The summed E-state index contributed by atoms with van der Waals surface area (Å²) in [4.78, 5) is 6.03. The lowest BCUT2D eigenvalue weighted by Gasteiger charge is -2.14. The lowest BCUT2D eigenvalue weighted by atomic mass is 10.3. The first-order valence-corrected chi connectivity index (χ1v) is 7.86. The molecule has 0 amide bonds. The van der Waals surface area contributed by atoms with Crippen molar-refractivity contribution in [3.05, 3.63) is 48.3 Å². The number of aromatic nitrogens is 1. The number of hydrogen-bond donors (Lipinski definition) is 2. The Bertz CT molecular complexity index is 712. The average Bonchev–Trinajstić information content (AvgIpc) is 2.47. The molecule has 2 aromatic rings. The molecule has 0 aliphatic rings. The molecule has 0 radical (unpaired) electrons. The quantitative estimate of drug-likeness (QED) is 0.872. The standard InChI is InChI=1S/C14H18N4O2S/c1-18(2)12-7-5-11(6-8-12)17-21(19,20)14-4-3-9-16-13(14)10-15/h3-9,17H,10,15H2,1-2H3. The van der Waals surface area contributed by atoms with Crippen molar-refractivity contribution in [1.29, 1.82) is 0 Å². The van der Waals surface area contributed by atoms with E-state index in [-0.39, 0.29) is 11.4 Å². The number of benzene rings is 1. The zero-order chi connectivity index (χ0) is 15.5. The maximum Gasteiger partial charge on any atom is 0.263 e. The van der Waals surface area contributed by atoms with E-state index in [0.29, 0.717) is 11.4 Å². The highest BCUT2D eigenvalue weighted by Gasteiger charge is 2.18. The summed E-state index contributed by atoms with van der Waals surface area (Å²) in [6.07, 6.45) is 1.52. The topological polar surface area (TPSA) is 88.3 Å². The van der Waals surface area contributed by atoms with E-state index in [2.05, 4.69) is 9.71 Å². The Morgan fingerprint density at radius 2 is 1.86 bits per heavy atom. The molecular weight excluding hydrogens is 288 g/mol. The minimum absolute atomic E-state index is 0.0661. The molecule has 0 spiro atoms. The van der Waals surface area contributed by atoms with Crippen LogP contribution in [0.4, 0.5) is 11.4 Å². The minimum Gasteiger partial charge on any atom is -0.378 e. The van der Waals surface area contributed by atoms with Gasteiger partial charge in [-0.2, -0.15) is 0 Å². The predicted octanol–water partition coefficient (Wildman–Crippen LogP) is 1.41. The van der Waals surface area contributed by atoms with Crippen LogP contribution in [-0.2, 0) is 16.6 Å². The second-order valence-electron chi connectivity index (χ2n) is 4.70. The number of nitrogens with zero attached hydrogens (tertiary/aromatic N) is 2. The summed E-state index contributed by atoms with van der Waals surface area (Å²) in [7, 11) is 0.143. The molecule has 1 aromatic heterocycles. The normalized spacial score (nSPS) is 11.2. The molecule has 0 saturated heterocycles. The molecule has 0 unspecified atom stereocenters. The van der Waals surface area contributed by atoms with Crippen molar-refractivity contribution in [1.82, 2.24) is 4.98 Å². The SMILES string of the molecule is CN(C)c1ccc(NS(=O)(=O)c2cccnc2CN)cc1. The number of nitrogens with one attached hydrogen (secondary N) is 1. The summed E-state index contributed by atoms with van der Waals surface area (Å²) in [5.74, 6) is 0. The van der Waals surface area contributed by atoms with Crippen LogP contribution in [0.3, 0.4) is 0 Å². The number of nitrogens with two attached hydrogens (primary N) is 1. The maximum absolute atomic E-state index is 12.4. The molecular formula is C14H18N4O2S. The van der Waals surface area contributed by atoms with Crippen LogP contribution < -0.4 is 15.4 Å². The molecule has 1 aromatic carbocycles. The largest absolute Gasteiger partial charge is 0.378 e. The van der Waals surface area contributed by atoms with Gasteiger partial charge in [0.2, 0.25) is 0 Å². The van der Waals surface area contributed by atoms with Crippen LogP contribution in [0, 0.1) is 0 Å². The molecule has 112 valence electrons. The summed E-state index contributed by atoms with van der Waals surface area (Å²) in [6.45, 7) is 0.0661. The lowest BCUT2D eigenvalue weighted by molar-refractivity contribution is 0.599. The fraction of sp³-hybridized carbons (Fsp3) is 0.214. The number of sulfonamides is 1. The van der Waals surface area contributed by atoms with E-state index in [4.69, 9.17) is 5.73 Å². The number of rotatable bonds is 5. The van der Waals surface area contributed by atoms with E-state index < -0.39 is 10.0 Å². The first-order chi connectivity index (χ1) is 9.94. The average molecular weight is 306 g/mol. The van der Waals surface area contributed by atoms with E-state index in [1.807, 2.05) is 31.1 Å². The van der Waals surface area contributed by atoms with Gasteiger partial charge >= 0.3 is 0 Å². The molecule has 0 atom stereocenters. The van der Waals surface area contributed by atoms with Gasteiger partial charge in [-0.1, -0.05) is 0 Å². The van der Waals surface area contributed by atoms with Gasteiger partial charge in [0.05, 0.1) is 5.69 Å². The summed E-state index contributed by atoms with van der Waals surface area (Å²) in [5.41, 5.74) is 7.36. The summed E-state index contributed by atoms with van der Waals surface area (Å²) in [6, 6.07) is 10.2. The molecule has 3 N–H and O–H groups in total. The molecule has 0 saturated carbocycles. The van der Waals surface area contributed by atoms with Crippen molar-refractivity contribution in [2.45, 2.75) is 11.4 Å². The zero-order valence-electron chi connectivity index (χ0n) is 11.9. The lowest BCUT2D eigenvalue weighted by Crippen LogP contribution is -2.17. The van der Waals surface area contributed by atoms with Gasteiger partial charge in [-0.25, -0.2) is 8.42 Å². The number of anilines is 2. The Morgan fingerprint density at radius 3 is 2.43 bits per heavy atom. The van der Waals surface area contributed by atoms with Gasteiger partial charge in [0, 0.05) is 38.2 Å². The first-order valence-electron chi connectivity index (χ1n) is 6.38. The Hall–Kier alpha value is -2.12. The highest BCUT2D eigenvalue weighted by Crippen LogP contribution is 2.20. The van der Waals surface area contributed by atoms with Crippen molar-refractivity contribution < 1.29 is 8.42 Å². The van der Waals surface area contributed by atoms with E-state index >= 15 is 0 Å². The van der Waals surface area contributed by atoms with Crippen molar-refractivity contribution in [2.75, 3.05) is 23.7 Å². The molecule has 21 heavy (non-hydrogen) atoms. The number of hydrogen-bond acceptors (Lipinski definition) is 5. The molecule has 0 aliphatic heterocycles. The molecule has 7 heteroatoms. The third kappa shape index (κ3) is 3.50. The van der Waals surface area contributed by atoms with Crippen LogP contribution in [0.15, 0.2) is 47.5 Å². The smallest absolute Gasteiger partial charge is 0.263 e. The van der Waals surface area contributed by atoms with Crippen molar-refractivity contribution in [3.8, 4) is 0 Å². The zero-order valence-corrected chi connectivity index (χ0v) is 12.8. The van der Waals surface area contributed by atoms with Crippen molar-refractivity contribution in [2.24, 2.45) is 5.73 Å². The predicted molar refractivity (Wildman–Crippen MR) is 83.7 cm³/mol. The molecule has 1 heterocycles. The minimum atomic E-state index is -3.70. The van der Waals surface area contributed by atoms with Gasteiger partial charge in [-0.05, 0) is 36.4 Å². The van der Waals surface area contributed by atoms with E-state index in [1.165, 1.54) is 12.3 Å². The van der Waals surface area contributed by atoms with Gasteiger partial charge in [0.15, 0.2) is 0 Å². The van der Waals surface area contributed by atoms with E-state index in [1.54, 1.807) is 18.2 Å². The Labute approximate surface area is 124 Å². The highest BCUT2D eigenvalue weighted by atomic mass is 32.2. The molecule has 0 aliphatic carbocycles. The van der Waals surface area contributed by atoms with Gasteiger partial charge in [-0.15, -0.1) is 0 Å². The monoisotopic (exact) mass is 306 g/mol. The summed E-state index contributed by atoms with van der Waals surface area (Å²) >= 11 is 0.